The predicted molar refractivity (Wildman–Crippen MR) is 81.8 cm³/mol. The zero-order chi connectivity index (χ0) is 13.9. The van der Waals surface area contributed by atoms with Gasteiger partial charge in [0.15, 0.2) is 0 Å². The lowest BCUT2D eigenvalue weighted by Gasteiger charge is -2.19. The Morgan fingerprint density at radius 3 is 2.58 bits per heavy atom. The van der Waals surface area contributed by atoms with Crippen LogP contribution in [0, 0.1) is 0 Å². The van der Waals surface area contributed by atoms with Crippen LogP contribution in [-0.4, -0.2) is 23.9 Å². The van der Waals surface area contributed by atoms with Gasteiger partial charge in [-0.05, 0) is 18.9 Å². The summed E-state index contributed by atoms with van der Waals surface area (Å²) in [5.41, 5.74) is 1.17. The van der Waals surface area contributed by atoms with Gasteiger partial charge in [0.2, 0.25) is 5.91 Å². The van der Waals surface area contributed by atoms with Crippen molar-refractivity contribution in [1.82, 2.24) is 4.90 Å². The molecule has 1 aromatic rings. The number of carbonyl (C=O) groups is 1. The van der Waals surface area contributed by atoms with Crippen molar-refractivity contribution in [2.75, 3.05) is 13.1 Å². The van der Waals surface area contributed by atoms with E-state index in [1.165, 1.54) is 5.56 Å². The van der Waals surface area contributed by atoms with Gasteiger partial charge >= 0.3 is 0 Å². The van der Waals surface area contributed by atoms with Crippen LogP contribution in [0.4, 0.5) is 0 Å². The Labute approximate surface area is 116 Å². The summed E-state index contributed by atoms with van der Waals surface area (Å²) in [5, 5.41) is 0. The normalized spacial score (nSPS) is 11.3. The van der Waals surface area contributed by atoms with Crippen LogP contribution in [0.3, 0.4) is 0 Å². The number of allylic oxidation sites excluding steroid dienone is 1. The Morgan fingerprint density at radius 1 is 1.21 bits per heavy atom. The Balaban J connectivity index is 2.54. The second-order valence-electron chi connectivity index (χ2n) is 4.43. The molecule has 0 aliphatic carbocycles. The molecule has 0 bridgehead atoms. The molecule has 0 unspecified atom stereocenters. The lowest BCUT2D eigenvalue weighted by Crippen LogP contribution is -2.31. The van der Waals surface area contributed by atoms with Crippen molar-refractivity contribution in [2.24, 2.45) is 0 Å². The lowest BCUT2D eigenvalue weighted by atomic mass is 10.2. The standard InChI is InChI=1S/C17H23NO/c1-3-5-13-17(19)18(14-4-2)15-9-12-16-10-7-6-8-11-16/h3,5-12H,4,13-15H2,1-2H3/b5-3+,12-9+. The van der Waals surface area contributed by atoms with Crippen LogP contribution in [0.5, 0.6) is 0 Å². The van der Waals surface area contributed by atoms with Gasteiger partial charge in [-0.2, -0.15) is 0 Å². The van der Waals surface area contributed by atoms with E-state index in [1.54, 1.807) is 0 Å². The molecule has 0 spiro atoms. The minimum absolute atomic E-state index is 0.192. The van der Waals surface area contributed by atoms with Crippen molar-refractivity contribution < 1.29 is 4.79 Å². The molecule has 2 heteroatoms. The second kappa shape index (κ2) is 9.15. The van der Waals surface area contributed by atoms with Gasteiger partial charge in [0, 0.05) is 19.5 Å². The maximum atomic E-state index is 12.0. The summed E-state index contributed by atoms with van der Waals surface area (Å²) < 4.78 is 0. The molecule has 1 aromatic carbocycles. The monoisotopic (exact) mass is 257 g/mol. The van der Waals surface area contributed by atoms with E-state index in [0.717, 1.165) is 13.0 Å². The number of hydrogen-bond donors (Lipinski definition) is 0. The highest BCUT2D eigenvalue weighted by atomic mass is 16.2. The van der Waals surface area contributed by atoms with Gasteiger partial charge in [-0.15, -0.1) is 0 Å². The van der Waals surface area contributed by atoms with E-state index in [0.29, 0.717) is 13.0 Å². The maximum absolute atomic E-state index is 12.0. The number of nitrogens with zero attached hydrogens (tertiary/aromatic N) is 1. The van der Waals surface area contributed by atoms with Crippen LogP contribution in [0.1, 0.15) is 32.3 Å². The minimum atomic E-state index is 0.192. The molecule has 0 aliphatic heterocycles. The highest BCUT2D eigenvalue weighted by Crippen LogP contribution is 2.03. The van der Waals surface area contributed by atoms with Crippen molar-refractivity contribution in [3.8, 4) is 0 Å². The van der Waals surface area contributed by atoms with E-state index in [4.69, 9.17) is 0 Å². The van der Waals surface area contributed by atoms with Crippen molar-refractivity contribution in [2.45, 2.75) is 26.7 Å². The molecule has 0 saturated carbocycles. The molecule has 0 heterocycles. The zero-order valence-corrected chi connectivity index (χ0v) is 11.9. The first-order valence-corrected chi connectivity index (χ1v) is 6.88. The Kier molecular flexibility index (Phi) is 7.33. The third kappa shape index (κ3) is 6.05. The second-order valence-corrected chi connectivity index (χ2v) is 4.43. The molecule has 0 N–H and O–H groups in total. The summed E-state index contributed by atoms with van der Waals surface area (Å²) in [5.74, 6) is 0.192. The van der Waals surface area contributed by atoms with E-state index in [1.807, 2.05) is 42.2 Å². The zero-order valence-electron chi connectivity index (χ0n) is 11.9. The molecule has 0 aliphatic rings. The molecular formula is C17H23NO. The number of benzene rings is 1. The van der Waals surface area contributed by atoms with Gasteiger partial charge in [0.1, 0.15) is 0 Å². The summed E-state index contributed by atoms with van der Waals surface area (Å²) in [6.07, 6.45) is 9.42. The van der Waals surface area contributed by atoms with Crippen LogP contribution < -0.4 is 0 Å². The number of hydrogen-bond acceptors (Lipinski definition) is 1. The predicted octanol–water partition coefficient (Wildman–Crippen LogP) is 3.90. The van der Waals surface area contributed by atoms with Crippen molar-refractivity contribution in [1.29, 1.82) is 0 Å². The quantitative estimate of drug-likeness (QED) is 0.678. The van der Waals surface area contributed by atoms with Gasteiger partial charge in [0.05, 0.1) is 0 Å². The number of rotatable bonds is 7. The van der Waals surface area contributed by atoms with Crippen molar-refractivity contribution >= 4 is 12.0 Å². The lowest BCUT2D eigenvalue weighted by molar-refractivity contribution is -0.129. The van der Waals surface area contributed by atoms with Crippen LogP contribution in [0.2, 0.25) is 0 Å². The molecule has 0 fully saturated rings. The molecule has 0 aromatic heterocycles. The van der Waals surface area contributed by atoms with E-state index in [9.17, 15) is 4.79 Å². The summed E-state index contributed by atoms with van der Waals surface area (Å²) in [4.78, 5) is 13.9. The fourth-order valence-electron chi connectivity index (χ4n) is 1.82. The Bertz CT molecular complexity index is 420. The van der Waals surface area contributed by atoms with Crippen LogP contribution in [-0.2, 0) is 4.79 Å². The number of carbonyl (C=O) groups excluding carboxylic acids is 1. The summed E-state index contributed by atoms with van der Waals surface area (Å²) in [7, 11) is 0. The molecule has 0 radical (unpaired) electrons. The summed E-state index contributed by atoms with van der Waals surface area (Å²) >= 11 is 0. The average molecular weight is 257 g/mol. The van der Waals surface area contributed by atoms with Gasteiger partial charge in [-0.3, -0.25) is 4.79 Å². The smallest absolute Gasteiger partial charge is 0.226 e. The van der Waals surface area contributed by atoms with Crippen molar-refractivity contribution in [3.63, 3.8) is 0 Å². The fourth-order valence-corrected chi connectivity index (χ4v) is 1.82. The Morgan fingerprint density at radius 2 is 1.95 bits per heavy atom. The summed E-state index contributed by atoms with van der Waals surface area (Å²) in [6, 6.07) is 10.1. The van der Waals surface area contributed by atoms with Gasteiger partial charge in [0.25, 0.3) is 0 Å². The molecule has 0 atom stereocenters. The van der Waals surface area contributed by atoms with Crippen LogP contribution in [0.25, 0.3) is 6.08 Å². The highest BCUT2D eigenvalue weighted by Gasteiger charge is 2.08. The first-order chi connectivity index (χ1) is 9.27. The third-order valence-electron chi connectivity index (χ3n) is 2.81. The topological polar surface area (TPSA) is 20.3 Å². The fraction of sp³-hybridized carbons (Fsp3) is 0.353. The van der Waals surface area contributed by atoms with E-state index >= 15 is 0 Å². The maximum Gasteiger partial charge on any atom is 0.226 e. The first-order valence-electron chi connectivity index (χ1n) is 6.88. The molecule has 0 saturated heterocycles. The first kappa shape index (κ1) is 15.2. The van der Waals surface area contributed by atoms with Crippen LogP contribution >= 0.6 is 0 Å². The highest BCUT2D eigenvalue weighted by molar-refractivity contribution is 5.78. The van der Waals surface area contributed by atoms with Gasteiger partial charge in [-0.25, -0.2) is 0 Å². The third-order valence-corrected chi connectivity index (χ3v) is 2.81. The molecular weight excluding hydrogens is 234 g/mol. The van der Waals surface area contributed by atoms with Crippen molar-refractivity contribution in [3.05, 3.63) is 54.1 Å². The molecule has 102 valence electrons. The minimum Gasteiger partial charge on any atom is -0.339 e. The SMILES string of the molecule is C/C=C/CC(=O)N(C/C=C/c1ccccc1)CCC. The largest absolute Gasteiger partial charge is 0.339 e. The average Bonchev–Trinajstić information content (AvgIpc) is 2.45. The molecule has 1 rings (SSSR count). The van der Waals surface area contributed by atoms with E-state index < -0.39 is 0 Å². The molecule has 19 heavy (non-hydrogen) atoms. The number of amides is 1. The van der Waals surface area contributed by atoms with E-state index in [2.05, 4.69) is 31.2 Å². The summed E-state index contributed by atoms with van der Waals surface area (Å²) in [6.45, 7) is 5.53. The molecule has 1 amide bonds. The Hall–Kier alpha value is -1.83. The van der Waals surface area contributed by atoms with Gasteiger partial charge < -0.3 is 4.90 Å². The molecule has 2 nitrogen and oxygen atoms in total. The van der Waals surface area contributed by atoms with Gasteiger partial charge in [-0.1, -0.05) is 61.6 Å². The van der Waals surface area contributed by atoms with Crippen LogP contribution in [0.15, 0.2) is 48.6 Å². The van der Waals surface area contributed by atoms with E-state index in [-0.39, 0.29) is 5.91 Å².